The number of aryl methyl sites for hydroxylation is 1. The number of hydrogen-bond acceptors (Lipinski definition) is 4. The predicted octanol–water partition coefficient (Wildman–Crippen LogP) is 1.21. The Morgan fingerprint density at radius 1 is 1.47 bits per heavy atom. The lowest BCUT2D eigenvalue weighted by atomic mass is 10.1. The van der Waals surface area contributed by atoms with Crippen molar-refractivity contribution in [3.8, 4) is 0 Å². The minimum atomic E-state index is -0.254. The van der Waals surface area contributed by atoms with Crippen molar-refractivity contribution in [3.63, 3.8) is 0 Å². The van der Waals surface area contributed by atoms with Crippen molar-refractivity contribution in [2.45, 2.75) is 5.92 Å². The third-order valence-electron chi connectivity index (χ3n) is 2.70. The van der Waals surface area contributed by atoms with Gasteiger partial charge in [0.25, 0.3) is 5.91 Å². The number of amides is 1. The Hall–Kier alpha value is -2.08. The van der Waals surface area contributed by atoms with Crippen molar-refractivity contribution < 1.29 is 4.79 Å². The third-order valence-corrected chi connectivity index (χ3v) is 2.99. The summed E-state index contributed by atoms with van der Waals surface area (Å²) in [5.41, 5.74) is 0.614. The van der Waals surface area contributed by atoms with E-state index >= 15 is 0 Å². The number of rotatable bonds is 5. The lowest BCUT2D eigenvalue weighted by molar-refractivity contribution is 0.0953. The average Bonchev–Trinajstić information content (AvgIpc) is 2.87. The Morgan fingerprint density at radius 3 is 2.79 bits per heavy atom. The number of carbonyl (C=O) groups is 1. The molecule has 1 heterocycles. The maximum atomic E-state index is 11.9. The maximum absolute atomic E-state index is 11.9. The van der Waals surface area contributed by atoms with Crippen molar-refractivity contribution in [2.24, 2.45) is 7.05 Å². The summed E-state index contributed by atoms with van der Waals surface area (Å²) >= 11 is 4.87. The van der Waals surface area contributed by atoms with Gasteiger partial charge in [-0.3, -0.25) is 4.79 Å². The number of nitrogens with one attached hydrogen (secondary N) is 1. The fourth-order valence-corrected chi connectivity index (χ4v) is 1.87. The molecule has 0 aliphatic heterocycles. The molecular weight excluding hydrogens is 260 g/mol. The first-order valence-corrected chi connectivity index (χ1v) is 6.18. The summed E-state index contributed by atoms with van der Waals surface area (Å²) in [7, 11) is 1.83. The van der Waals surface area contributed by atoms with E-state index in [-0.39, 0.29) is 11.8 Å². The van der Waals surface area contributed by atoms with Crippen LogP contribution < -0.4 is 5.32 Å². The van der Waals surface area contributed by atoms with Gasteiger partial charge in [-0.1, -0.05) is 30.4 Å². The Kier molecular flexibility index (Phi) is 4.35. The molecule has 1 atom stereocenters. The van der Waals surface area contributed by atoms with Crippen molar-refractivity contribution in [3.05, 3.63) is 48.0 Å². The molecule has 2 aromatic rings. The van der Waals surface area contributed by atoms with Crippen LogP contribution in [0, 0.1) is 0 Å². The highest BCUT2D eigenvalue weighted by Gasteiger charge is 2.16. The second-order valence-corrected chi connectivity index (χ2v) is 4.28. The van der Waals surface area contributed by atoms with Crippen molar-refractivity contribution >= 4 is 23.5 Å². The van der Waals surface area contributed by atoms with E-state index in [0.29, 0.717) is 17.9 Å². The summed E-state index contributed by atoms with van der Waals surface area (Å²) in [5.74, 6) is 0.288. The molecule has 0 saturated carbocycles. The Labute approximate surface area is 116 Å². The van der Waals surface area contributed by atoms with Crippen LogP contribution >= 0.6 is 12.2 Å². The number of aromatic nitrogens is 3. The van der Waals surface area contributed by atoms with Gasteiger partial charge in [-0.05, 0) is 12.1 Å². The Balaban J connectivity index is 2.00. The molecule has 6 heteroatoms. The molecule has 0 spiro atoms. The highest BCUT2D eigenvalue weighted by atomic mass is 32.1. The summed E-state index contributed by atoms with van der Waals surface area (Å²) in [6.45, 7) is 0.351. The van der Waals surface area contributed by atoms with Crippen LogP contribution in [-0.4, -0.2) is 32.6 Å². The van der Waals surface area contributed by atoms with Crippen LogP contribution in [-0.2, 0) is 7.05 Å². The molecule has 1 aromatic carbocycles. The minimum absolute atomic E-state index is 0.141. The van der Waals surface area contributed by atoms with Gasteiger partial charge in [-0.25, -0.2) is 0 Å². The van der Waals surface area contributed by atoms with Crippen LogP contribution in [0.5, 0.6) is 0 Å². The first kappa shape index (κ1) is 13.4. The molecule has 1 unspecified atom stereocenters. The van der Waals surface area contributed by atoms with Crippen LogP contribution in [0.25, 0.3) is 0 Å². The Bertz CT molecular complexity index is 567. The topological polar surface area (TPSA) is 59.8 Å². The lowest BCUT2D eigenvalue weighted by Gasteiger charge is -2.11. The fraction of sp³-hybridized carbons (Fsp3) is 0.231. The molecule has 1 amide bonds. The van der Waals surface area contributed by atoms with E-state index in [1.165, 1.54) is 0 Å². The van der Waals surface area contributed by atoms with Gasteiger partial charge in [0.15, 0.2) is 0 Å². The number of benzene rings is 1. The molecule has 5 nitrogen and oxygen atoms in total. The normalized spacial score (nSPS) is 11.8. The van der Waals surface area contributed by atoms with Crippen LogP contribution in [0.3, 0.4) is 0 Å². The number of nitrogens with zero attached hydrogens (tertiary/aromatic N) is 3. The minimum Gasteiger partial charge on any atom is -0.351 e. The van der Waals surface area contributed by atoms with Crippen LogP contribution in [0.4, 0.5) is 0 Å². The molecule has 0 saturated heterocycles. The summed E-state index contributed by atoms with van der Waals surface area (Å²) in [5, 5.41) is 13.3. The fourth-order valence-electron chi connectivity index (χ4n) is 1.68. The lowest BCUT2D eigenvalue weighted by Crippen LogP contribution is -2.29. The zero-order valence-electron chi connectivity index (χ0n) is 10.4. The number of hydrogen-bond donors (Lipinski definition) is 1. The average molecular weight is 273 g/mol. The second kappa shape index (κ2) is 6.19. The smallest absolute Gasteiger partial charge is 0.251 e. The zero-order valence-corrected chi connectivity index (χ0v) is 11.2. The van der Waals surface area contributed by atoms with Crippen molar-refractivity contribution in [1.29, 1.82) is 0 Å². The zero-order chi connectivity index (χ0) is 13.7. The summed E-state index contributed by atoms with van der Waals surface area (Å²) in [6, 6.07) is 9.02. The maximum Gasteiger partial charge on any atom is 0.251 e. The predicted molar refractivity (Wildman–Crippen MR) is 75.1 cm³/mol. The number of thiocarbonyl (C=S) groups is 1. The molecule has 1 aromatic heterocycles. The van der Waals surface area contributed by atoms with Crippen LogP contribution in [0.15, 0.2) is 36.7 Å². The summed E-state index contributed by atoms with van der Waals surface area (Å²) < 4.78 is 1.76. The van der Waals surface area contributed by atoms with E-state index in [9.17, 15) is 4.79 Å². The monoisotopic (exact) mass is 273 g/mol. The van der Waals surface area contributed by atoms with Crippen molar-refractivity contribution in [2.75, 3.05) is 6.54 Å². The van der Waals surface area contributed by atoms with Gasteiger partial charge in [-0.2, -0.15) is 0 Å². The largest absolute Gasteiger partial charge is 0.351 e. The van der Waals surface area contributed by atoms with Gasteiger partial charge in [0, 0.05) is 24.5 Å². The summed E-state index contributed by atoms with van der Waals surface area (Å²) in [4.78, 5) is 11.9. The first-order valence-electron chi connectivity index (χ1n) is 5.77. The number of carbonyl (C=O) groups excluding carboxylic acids is 1. The van der Waals surface area contributed by atoms with Gasteiger partial charge in [0.1, 0.15) is 12.2 Å². The van der Waals surface area contributed by atoms with Crippen LogP contribution in [0.1, 0.15) is 22.1 Å². The Morgan fingerprint density at radius 2 is 2.21 bits per heavy atom. The standard InChI is InChI=1S/C13H13N4OS/c1-17-9-15-16-12(17)11(8-19)7-14-13(18)10-5-3-2-4-6-10/h2-6,9,11H,7H2,1H3,(H,14,18). The van der Waals surface area contributed by atoms with E-state index in [1.807, 2.05) is 25.2 Å². The summed E-state index contributed by atoms with van der Waals surface area (Å²) in [6.07, 6.45) is 1.59. The molecule has 1 radical (unpaired) electrons. The molecule has 0 aliphatic rings. The van der Waals surface area contributed by atoms with Gasteiger partial charge in [0.05, 0.1) is 5.92 Å². The SMILES string of the molecule is Cn1cnnc1C([C]=S)CNC(=O)c1ccccc1. The quantitative estimate of drug-likeness (QED) is 0.832. The van der Waals surface area contributed by atoms with E-state index in [4.69, 9.17) is 12.2 Å². The van der Waals surface area contributed by atoms with E-state index in [2.05, 4.69) is 20.9 Å². The van der Waals surface area contributed by atoms with E-state index in [0.717, 1.165) is 0 Å². The second-order valence-electron chi connectivity index (χ2n) is 4.05. The molecule has 19 heavy (non-hydrogen) atoms. The van der Waals surface area contributed by atoms with Gasteiger partial charge in [0.2, 0.25) is 0 Å². The molecule has 0 fully saturated rings. The first-order chi connectivity index (χ1) is 9.22. The molecule has 0 aliphatic carbocycles. The van der Waals surface area contributed by atoms with Gasteiger partial charge in [-0.15, -0.1) is 10.2 Å². The third kappa shape index (κ3) is 3.23. The van der Waals surface area contributed by atoms with Crippen LogP contribution in [0.2, 0.25) is 0 Å². The molecule has 0 bridgehead atoms. The highest BCUT2D eigenvalue weighted by molar-refractivity contribution is 7.79. The molecule has 97 valence electrons. The van der Waals surface area contributed by atoms with E-state index < -0.39 is 0 Å². The van der Waals surface area contributed by atoms with E-state index in [1.54, 1.807) is 23.0 Å². The molecule has 1 N–H and O–H groups in total. The molecular formula is C13H13N4OS. The van der Waals surface area contributed by atoms with Gasteiger partial charge >= 0.3 is 0 Å². The highest BCUT2D eigenvalue weighted by Crippen LogP contribution is 2.09. The molecule has 2 rings (SSSR count). The van der Waals surface area contributed by atoms with Crippen molar-refractivity contribution in [1.82, 2.24) is 20.1 Å². The van der Waals surface area contributed by atoms with Gasteiger partial charge < -0.3 is 9.88 Å².